The minimum atomic E-state index is 0.567. The summed E-state index contributed by atoms with van der Waals surface area (Å²) in [6, 6.07) is 53.9. The Morgan fingerprint density at radius 1 is 0.373 bits per heavy atom. The van der Waals surface area contributed by atoms with Gasteiger partial charge in [0.1, 0.15) is 22.3 Å². The standard InChI is InChI=1S/C45H26N4O2/c1-3-12-27(13-4-1)43-46-44(28-22-23-32-31-17-8-10-20-38(31)50-40(32)24-28)48-45(47-43)33-18-11-21-39-42(33)35-25-37-34(26-41(35)51-39)30-16-7-9-19-36(30)49(37)29-14-5-2-6-15-29/h1-26H. The van der Waals surface area contributed by atoms with E-state index < -0.39 is 0 Å². The molecule has 0 fully saturated rings. The van der Waals surface area contributed by atoms with Gasteiger partial charge in [-0.2, -0.15) is 0 Å². The van der Waals surface area contributed by atoms with E-state index in [0.717, 1.165) is 82.7 Å². The SMILES string of the molecule is c1ccc(-c2nc(-c3ccc4c(c3)oc3ccccc34)nc(-c3cccc4oc5cc6c7ccccc7n(-c7ccccc7)c6cc5c34)n2)cc1. The molecule has 238 valence electrons. The molecule has 4 aromatic heterocycles. The highest BCUT2D eigenvalue weighted by molar-refractivity contribution is 6.19. The molecule has 0 radical (unpaired) electrons. The minimum absolute atomic E-state index is 0.567. The van der Waals surface area contributed by atoms with Crippen molar-refractivity contribution >= 4 is 65.7 Å². The predicted molar refractivity (Wildman–Crippen MR) is 205 cm³/mol. The Kier molecular flexibility index (Phi) is 5.86. The molecule has 11 rings (SSSR count). The fourth-order valence-corrected chi connectivity index (χ4v) is 7.54. The molecule has 0 unspecified atom stereocenters. The molecule has 0 aliphatic heterocycles. The smallest absolute Gasteiger partial charge is 0.164 e. The number of benzene rings is 7. The molecule has 11 aromatic rings. The van der Waals surface area contributed by atoms with Gasteiger partial charge in [0.15, 0.2) is 17.5 Å². The molecule has 0 amide bonds. The van der Waals surface area contributed by atoms with Crippen LogP contribution >= 0.6 is 0 Å². The fourth-order valence-electron chi connectivity index (χ4n) is 7.54. The Bertz CT molecular complexity index is 3140. The van der Waals surface area contributed by atoms with E-state index in [0.29, 0.717) is 17.5 Å². The maximum atomic E-state index is 6.60. The molecule has 0 N–H and O–H groups in total. The number of fused-ring (bicyclic) bond motifs is 9. The molecule has 0 aliphatic rings. The van der Waals surface area contributed by atoms with Crippen molar-refractivity contribution in [3.63, 3.8) is 0 Å². The van der Waals surface area contributed by atoms with Gasteiger partial charge in [-0.25, -0.2) is 15.0 Å². The maximum Gasteiger partial charge on any atom is 0.164 e. The van der Waals surface area contributed by atoms with E-state index >= 15 is 0 Å². The van der Waals surface area contributed by atoms with Gasteiger partial charge in [0, 0.05) is 54.7 Å². The molecular formula is C45H26N4O2. The zero-order valence-electron chi connectivity index (χ0n) is 27.1. The summed E-state index contributed by atoms with van der Waals surface area (Å²) in [4.78, 5) is 15.3. The van der Waals surface area contributed by atoms with E-state index in [1.807, 2.05) is 72.8 Å². The lowest BCUT2D eigenvalue weighted by Crippen LogP contribution is -2.00. The topological polar surface area (TPSA) is 69.9 Å². The number of hydrogen-bond donors (Lipinski definition) is 0. The van der Waals surface area contributed by atoms with E-state index in [1.165, 1.54) is 5.39 Å². The highest BCUT2D eigenvalue weighted by Crippen LogP contribution is 2.41. The Hall–Kier alpha value is -7.05. The van der Waals surface area contributed by atoms with Crippen molar-refractivity contribution in [1.29, 1.82) is 0 Å². The predicted octanol–water partition coefficient (Wildman–Crippen LogP) is 11.8. The molecule has 51 heavy (non-hydrogen) atoms. The molecule has 0 aliphatic carbocycles. The second-order valence-electron chi connectivity index (χ2n) is 12.8. The molecule has 4 heterocycles. The normalized spacial score (nSPS) is 11.9. The fraction of sp³-hybridized carbons (Fsp3) is 0. The van der Waals surface area contributed by atoms with E-state index in [1.54, 1.807) is 0 Å². The lowest BCUT2D eigenvalue weighted by Gasteiger charge is -2.09. The summed E-state index contributed by atoms with van der Waals surface area (Å²) in [5, 5.41) is 6.41. The average molecular weight is 655 g/mol. The molecule has 0 spiro atoms. The number of rotatable bonds is 4. The van der Waals surface area contributed by atoms with Crippen LogP contribution in [0.25, 0.3) is 106 Å². The first-order valence-corrected chi connectivity index (χ1v) is 16.9. The molecular weight excluding hydrogens is 629 g/mol. The van der Waals surface area contributed by atoms with E-state index in [-0.39, 0.29) is 0 Å². The van der Waals surface area contributed by atoms with Gasteiger partial charge < -0.3 is 13.4 Å². The van der Waals surface area contributed by atoms with E-state index in [2.05, 4.69) is 89.5 Å². The van der Waals surface area contributed by atoms with Crippen molar-refractivity contribution in [2.24, 2.45) is 0 Å². The monoisotopic (exact) mass is 654 g/mol. The van der Waals surface area contributed by atoms with Crippen molar-refractivity contribution in [3.8, 4) is 39.9 Å². The van der Waals surface area contributed by atoms with Gasteiger partial charge in [0.05, 0.1) is 11.0 Å². The van der Waals surface area contributed by atoms with Crippen LogP contribution in [0.3, 0.4) is 0 Å². The van der Waals surface area contributed by atoms with E-state index in [9.17, 15) is 0 Å². The summed E-state index contributed by atoms with van der Waals surface area (Å²) in [6.45, 7) is 0. The van der Waals surface area contributed by atoms with Crippen molar-refractivity contribution < 1.29 is 8.83 Å². The number of nitrogens with zero attached hydrogens (tertiary/aromatic N) is 4. The minimum Gasteiger partial charge on any atom is -0.456 e. The van der Waals surface area contributed by atoms with Crippen molar-refractivity contribution in [2.75, 3.05) is 0 Å². The van der Waals surface area contributed by atoms with Crippen molar-refractivity contribution in [1.82, 2.24) is 19.5 Å². The lowest BCUT2D eigenvalue weighted by molar-refractivity contribution is 0.669. The molecule has 0 saturated carbocycles. The van der Waals surface area contributed by atoms with Crippen LogP contribution in [0.4, 0.5) is 0 Å². The average Bonchev–Trinajstić information content (AvgIpc) is 3.86. The first kappa shape index (κ1) is 27.9. The van der Waals surface area contributed by atoms with Crippen LogP contribution in [-0.2, 0) is 0 Å². The summed E-state index contributed by atoms with van der Waals surface area (Å²) in [6.07, 6.45) is 0. The third-order valence-corrected chi connectivity index (χ3v) is 9.85. The largest absolute Gasteiger partial charge is 0.456 e. The quantitative estimate of drug-likeness (QED) is 0.189. The van der Waals surface area contributed by atoms with Gasteiger partial charge in [-0.15, -0.1) is 0 Å². The number of furan rings is 2. The number of para-hydroxylation sites is 3. The van der Waals surface area contributed by atoms with Crippen LogP contribution in [0.1, 0.15) is 0 Å². The summed E-state index contributed by atoms with van der Waals surface area (Å²) < 4.78 is 15.2. The molecule has 6 heteroatoms. The molecule has 6 nitrogen and oxygen atoms in total. The second kappa shape index (κ2) is 10.7. The Labute approximate surface area is 290 Å². The van der Waals surface area contributed by atoms with Crippen LogP contribution in [0.2, 0.25) is 0 Å². The summed E-state index contributed by atoms with van der Waals surface area (Å²) >= 11 is 0. The molecule has 7 aromatic carbocycles. The molecule has 0 saturated heterocycles. The maximum absolute atomic E-state index is 6.60. The third-order valence-electron chi connectivity index (χ3n) is 9.85. The van der Waals surface area contributed by atoms with Gasteiger partial charge in [-0.3, -0.25) is 0 Å². The van der Waals surface area contributed by atoms with Gasteiger partial charge in [0.2, 0.25) is 0 Å². The van der Waals surface area contributed by atoms with Gasteiger partial charge in [-0.1, -0.05) is 103 Å². The summed E-state index contributed by atoms with van der Waals surface area (Å²) in [5.74, 6) is 1.73. The molecule has 0 bridgehead atoms. The zero-order valence-corrected chi connectivity index (χ0v) is 27.1. The Morgan fingerprint density at radius 3 is 1.88 bits per heavy atom. The number of hydrogen-bond acceptors (Lipinski definition) is 5. The Morgan fingerprint density at radius 2 is 1.02 bits per heavy atom. The van der Waals surface area contributed by atoms with Crippen LogP contribution in [0.5, 0.6) is 0 Å². The first-order valence-electron chi connectivity index (χ1n) is 16.9. The summed E-state index contributed by atoms with van der Waals surface area (Å²) in [7, 11) is 0. The van der Waals surface area contributed by atoms with E-state index in [4.69, 9.17) is 23.8 Å². The van der Waals surface area contributed by atoms with Crippen molar-refractivity contribution in [2.45, 2.75) is 0 Å². The number of aromatic nitrogens is 4. The zero-order chi connectivity index (χ0) is 33.5. The van der Waals surface area contributed by atoms with Crippen LogP contribution in [0, 0.1) is 0 Å². The van der Waals surface area contributed by atoms with Gasteiger partial charge >= 0.3 is 0 Å². The van der Waals surface area contributed by atoms with Crippen LogP contribution < -0.4 is 0 Å². The van der Waals surface area contributed by atoms with Gasteiger partial charge in [-0.05, 0) is 54.6 Å². The van der Waals surface area contributed by atoms with Crippen LogP contribution in [-0.4, -0.2) is 19.5 Å². The van der Waals surface area contributed by atoms with Crippen molar-refractivity contribution in [3.05, 3.63) is 158 Å². The highest BCUT2D eigenvalue weighted by atomic mass is 16.3. The molecule has 0 atom stereocenters. The van der Waals surface area contributed by atoms with Gasteiger partial charge in [0.25, 0.3) is 0 Å². The highest BCUT2D eigenvalue weighted by Gasteiger charge is 2.21. The first-order chi connectivity index (χ1) is 25.3. The Balaban J connectivity index is 1.17. The third kappa shape index (κ3) is 4.26. The van der Waals surface area contributed by atoms with Crippen LogP contribution in [0.15, 0.2) is 167 Å². The lowest BCUT2D eigenvalue weighted by atomic mass is 10.0. The second-order valence-corrected chi connectivity index (χ2v) is 12.8. The summed E-state index contributed by atoms with van der Waals surface area (Å²) in [5.41, 5.74) is 9.21.